The number of aromatic nitrogens is 2. The Morgan fingerprint density at radius 1 is 1.26 bits per heavy atom. The van der Waals surface area contributed by atoms with Crippen LogP contribution in [0.25, 0.3) is 22.0 Å². The average Bonchev–Trinajstić information content (AvgIpc) is 2.68. The molecule has 2 N–H and O–H groups in total. The van der Waals surface area contributed by atoms with Crippen LogP contribution in [-0.2, 0) is 4.74 Å². The third kappa shape index (κ3) is 3.25. The molecule has 0 spiro atoms. The number of fused-ring (bicyclic) bond motifs is 1. The minimum atomic E-state index is -0.440. The number of nitrogen functional groups attached to an aromatic ring is 1. The normalized spacial score (nSPS) is 16.6. The summed E-state index contributed by atoms with van der Waals surface area (Å²) in [5.74, 6) is -0.165. The highest BCUT2D eigenvalue weighted by Gasteiger charge is 2.22. The molecule has 0 radical (unpaired) electrons. The van der Waals surface area contributed by atoms with Crippen molar-refractivity contribution in [1.29, 1.82) is 0 Å². The van der Waals surface area contributed by atoms with Gasteiger partial charge in [-0.25, -0.2) is 14.4 Å². The van der Waals surface area contributed by atoms with Crippen molar-refractivity contribution in [3.8, 4) is 11.1 Å². The monoisotopic (exact) mass is 382 g/mol. The van der Waals surface area contributed by atoms with Gasteiger partial charge in [-0.1, -0.05) is 29.8 Å². The van der Waals surface area contributed by atoms with Crippen LogP contribution in [0.1, 0.15) is 0 Å². The molecule has 0 amide bonds. The highest BCUT2D eigenvalue weighted by molar-refractivity contribution is 6.31. The van der Waals surface area contributed by atoms with Gasteiger partial charge in [0.1, 0.15) is 0 Å². The van der Waals surface area contributed by atoms with E-state index in [4.69, 9.17) is 22.1 Å². The molecule has 0 aliphatic carbocycles. The summed E-state index contributed by atoms with van der Waals surface area (Å²) in [6.07, 6.45) is 6.33. The van der Waals surface area contributed by atoms with Crippen LogP contribution in [0.3, 0.4) is 0 Å². The highest BCUT2D eigenvalue weighted by Crippen LogP contribution is 2.34. The topological polar surface area (TPSA) is 64.3 Å². The molecule has 0 saturated heterocycles. The quantitative estimate of drug-likeness (QED) is 0.725. The summed E-state index contributed by atoms with van der Waals surface area (Å²) in [5, 5.41) is 1.28. The van der Waals surface area contributed by atoms with Gasteiger partial charge in [0.2, 0.25) is 5.95 Å². The van der Waals surface area contributed by atoms with Gasteiger partial charge in [0.05, 0.1) is 16.2 Å². The van der Waals surface area contributed by atoms with Gasteiger partial charge >= 0.3 is 0 Å². The number of halogens is 2. The van der Waals surface area contributed by atoms with E-state index in [-0.39, 0.29) is 11.8 Å². The number of benzene rings is 2. The van der Waals surface area contributed by atoms with Crippen LogP contribution in [0.5, 0.6) is 0 Å². The molecule has 1 aromatic heterocycles. The number of methoxy groups -OCH3 is 1. The van der Waals surface area contributed by atoms with Gasteiger partial charge in [0.15, 0.2) is 12.0 Å². The van der Waals surface area contributed by atoms with Crippen LogP contribution in [-0.4, -0.2) is 23.3 Å². The minimum absolute atomic E-state index is 0.204. The van der Waals surface area contributed by atoms with Crippen LogP contribution in [0, 0.1) is 5.82 Å². The van der Waals surface area contributed by atoms with Gasteiger partial charge in [0, 0.05) is 30.5 Å². The number of nitrogens with zero attached hydrogens (tertiary/aromatic N) is 3. The molecule has 2 aromatic carbocycles. The Morgan fingerprint density at radius 2 is 2.11 bits per heavy atom. The number of anilines is 2. The van der Waals surface area contributed by atoms with Crippen molar-refractivity contribution in [2.75, 3.05) is 17.7 Å². The summed E-state index contributed by atoms with van der Waals surface area (Å²) in [5.41, 5.74) is 7.87. The zero-order valence-corrected chi connectivity index (χ0v) is 15.2. The van der Waals surface area contributed by atoms with Crippen molar-refractivity contribution in [3.05, 3.63) is 71.8 Å². The predicted octanol–water partition coefficient (Wildman–Crippen LogP) is 4.45. The summed E-state index contributed by atoms with van der Waals surface area (Å²) >= 11 is 6.10. The lowest BCUT2D eigenvalue weighted by Gasteiger charge is -2.30. The van der Waals surface area contributed by atoms with Gasteiger partial charge in [-0.05, 0) is 35.9 Å². The van der Waals surface area contributed by atoms with Crippen LogP contribution in [0.15, 0.2) is 66.0 Å². The van der Waals surface area contributed by atoms with Crippen LogP contribution < -0.4 is 10.6 Å². The second kappa shape index (κ2) is 6.98. The Balaban J connectivity index is 1.80. The summed E-state index contributed by atoms with van der Waals surface area (Å²) in [7, 11) is 1.56. The van der Waals surface area contributed by atoms with Crippen molar-refractivity contribution in [2.45, 2.75) is 6.23 Å². The molecule has 2 heterocycles. The van der Waals surface area contributed by atoms with Crippen molar-refractivity contribution in [3.63, 3.8) is 0 Å². The Bertz CT molecular complexity index is 1080. The number of ether oxygens (including phenoxy) is 1. The Hall–Kier alpha value is -2.96. The number of nitrogens with two attached hydrogens (primary N) is 1. The first kappa shape index (κ1) is 17.5. The molecule has 5 nitrogen and oxygen atoms in total. The lowest BCUT2D eigenvalue weighted by molar-refractivity contribution is 0.143. The largest absolute Gasteiger partial charge is 0.368 e. The molecule has 27 heavy (non-hydrogen) atoms. The molecule has 1 atom stereocenters. The maximum atomic E-state index is 15.4. The van der Waals surface area contributed by atoms with Crippen LogP contribution >= 0.6 is 11.6 Å². The maximum absolute atomic E-state index is 15.4. The van der Waals surface area contributed by atoms with E-state index in [1.165, 1.54) is 0 Å². The summed E-state index contributed by atoms with van der Waals surface area (Å²) in [6, 6.07) is 10.7. The number of hydrogen-bond acceptors (Lipinski definition) is 5. The van der Waals surface area contributed by atoms with Gasteiger partial charge in [0.25, 0.3) is 0 Å². The molecule has 0 fully saturated rings. The average molecular weight is 383 g/mol. The fourth-order valence-electron chi connectivity index (χ4n) is 3.07. The lowest BCUT2D eigenvalue weighted by atomic mass is 10.0. The summed E-state index contributed by atoms with van der Waals surface area (Å²) in [4.78, 5) is 9.83. The predicted molar refractivity (Wildman–Crippen MR) is 106 cm³/mol. The molecule has 1 unspecified atom stereocenters. The van der Waals surface area contributed by atoms with E-state index in [0.717, 1.165) is 5.39 Å². The smallest absolute Gasteiger partial charge is 0.220 e. The second-order valence-electron chi connectivity index (χ2n) is 6.05. The third-order valence-electron chi connectivity index (χ3n) is 4.36. The van der Waals surface area contributed by atoms with Gasteiger partial charge in [-0.2, -0.15) is 0 Å². The van der Waals surface area contributed by atoms with Crippen LogP contribution in [0.4, 0.5) is 16.0 Å². The fourth-order valence-corrected chi connectivity index (χ4v) is 3.25. The second-order valence-corrected chi connectivity index (χ2v) is 6.48. The molecule has 1 aliphatic rings. The Kier molecular flexibility index (Phi) is 4.51. The van der Waals surface area contributed by atoms with Crippen molar-refractivity contribution in [2.24, 2.45) is 0 Å². The molecule has 0 saturated carbocycles. The molecule has 4 rings (SSSR count). The number of hydrogen-bond donors (Lipinski definition) is 1. The molecular formula is C20H16ClFN4O. The summed E-state index contributed by atoms with van der Waals surface area (Å²) < 4.78 is 20.8. The zero-order chi connectivity index (χ0) is 19.0. The van der Waals surface area contributed by atoms with Gasteiger partial charge < -0.3 is 15.4 Å². The van der Waals surface area contributed by atoms with Gasteiger partial charge in [-0.15, -0.1) is 0 Å². The van der Waals surface area contributed by atoms with Crippen molar-refractivity contribution >= 4 is 34.1 Å². The number of allylic oxidation sites excluding steroid dienone is 2. The third-order valence-corrected chi connectivity index (χ3v) is 4.59. The molecule has 136 valence electrons. The van der Waals surface area contributed by atoms with Crippen molar-refractivity contribution in [1.82, 2.24) is 9.97 Å². The summed E-state index contributed by atoms with van der Waals surface area (Å²) in [6.45, 7) is 0. The van der Waals surface area contributed by atoms with Gasteiger partial charge in [-0.3, -0.25) is 0 Å². The van der Waals surface area contributed by atoms with E-state index in [9.17, 15) is 0 Å². The minimum Gasteiger partial charge on any atom is -0.368 e. The fraction of sp³-hybridized carbons (Fsp3) is 0.100. The standard InChI is InChI=1S/C20H16ClFN4O/c1-27-18-8-6-14(21)11-26(18)17-4-2-3-15(19(17)22)12-5-7-16-13(9-12)10-24-20(23)25-16/h2-11,18H,1H3,(H2,23,24,25). The molecular weight excluding hydrogens is 367 g/mol. The van der Waals surface area contributed by atoms with E-state index in [2.05, 4.69) is 9.97 Å². The first-order valence-electron chi connectivity index (χ1n) is 8.24. The van der Waals surface area contributed by atoms with E-state index < -0.39 is 6.23 Å². The van der Waals surface area contributed by atoms with Crippen molar-refractivity contribution < 1.29 is 9.13 Å². The van der Waals surface area contributed by atoms with Crippen LogP contribution in [0.2, 0.25) is 0 Å². The molecule has 0 bridgehead atoms. The SMILES string of the molecule is COC1C=CC(Cl)=CN1c1cccc(-c2ccc3nc(N)ncc3c2)c1F. The van der Waals surface area contributed by atoms with E-state index >= 15 is 4.39 Å². The first-order valence-corrected chi connectivity index (χ1v) is 8.62. The van der Waals surface area contributed by atoms with E-state index in [0.29, 0.717) is 27.4 Å². The maximum Gasteiger partial charge on any atom is 0.220 e. The Morgan fingerprint density at radius 3 is 2.93 bits per heavy atom. The molecule has 3 aromatic rings. The van der Waals surface area contributed by atoms with E-state index in [1.54, 1.807) is 60.8 Å². The highest BCUT2D eigenvalue weighted by atomic mass is 35.5. The zero-order valence-electron chi connectivity index (χ0n) is 14.4. The Labute approximate surface area is 160 Å². The molecule has 7 heteroatoms. The van der Waals surface area contributed by atoms with E-state index in [1.807, 2.05) is 12.1 Å². The first-order chi connectivity index (χ1) is 13.1. The lowest BCUT2D eigenvalue weighted by Crippen LogP contribution is -2.33. The molecule has 1 aliphatic heterocycles. The number of rotatable bonds is 3.